The van der Waals surface area contributed by atoms with Crippen molar-refractivity contribution in [1.82, 2.24) is 0 Å². The first-order valence-corrected chi connectivity index (χ1v) is 9.64. The van der Waals surface area contributed by atoms with Crippen molar-refractivity contribution < 1.29 is 9.59 Å². The lowest BCUT2D eigenvalue weighted by Crippen LogP contribution is -2.51. The number of rotatable bonds is 4. The fourth-order valence-corrected chi connectivity index (χ4v) is 6.39. The highest BCUT2D eigenvalue weighted by Gasteiger charge is 2.50. The summed E-state index contributed by atoms with van der Waals surface area (Å²) in [5, 5.41) is 12.5. The molecule has 1 aliphatic heterocycles. The van der Waals surface area contributed by atoms with Gasteiger partial charge in [0.15, 0.2) is 0 Å². The first-order valence-electron chi connectivity index (χ1n) is 9.64. The van der Waals surface area contributed by atoms with Gasteiger partial charge in [0.25, 0.3) is 0 Å². The van der Waals surface area contributed by atoms with E-state index in [0.29, 0.717) is 6.42 Å². The second-order valence-corrected chi connectivity index (χ2v) is 9.25. The van der Waals surface area contributed by atoms with E-state index in [4.69, 9.17) is 4.99 Å². The molecule has 23 heavy (non-hydrogen) atoms. The minimum atomic E-state index is 0. The van der Waals surface area contributed by atoms with Gasteiger partial charge in [0.05, 0.1) is 32.2 Å². The highest BCUT2D eigenvalue weighted by molar-refractivity contribution is 14.0. The third-order valence-corrected chi connectivity index (χ3v) is 7.13. The monoisotopic (exact) mass is 432 g/mol. The molecule has 4 heteroatoms. The third-order valence-electron chi connectivity index (χ3n) is 7.13. The molecule has 4 saturated carbocycles. The molecule has 1 saturated heterocycles. The van der Waals surface area contributed by atoms with Crippen molar-refractivity contribution in [2.24, 2.45) is 22.7 Å². The van der Waals surface area contributed by atoms with Crippen LogP contribution in [-0.2, 0) is 0 Å². The standard InChI is InChI=1S/C19H32N2O.HI/c1-21(6-3-2-4-7-21)8-5-18(22)20-19-12-15-9-16(13-19)11-17(10-15)14-19;/h15-17H,2-14H2,1H3;1H. The summed E-state index contributed by atoms with van der Waals surface area (Å²) >= 11 is 0. The third kappa shape index (κ3) is 3.88. The van der Waals surface area contributed by atoms with E-state index in [1.807, 2.05) is 0 Å². The number of piperidine rings is 1. The van der Waals surface area contributed by atoms with Gasteiger partial charge in [-0.1, -0.05) is 0 Å². The fraction of sp³-hybridized carbons (Fsp3) is 0.947. The maximum Gasteiger partial charge on any atom is 0.0828 e. The van der Waals surface area contributed by atoms with Gasteiger partial charge in [0.1, 0.15) is 0 Å². The van der Waals surface area contributed by atoms with Crippen molar-refractivity contribution >= 4 is 29.9 Å². The first kappa shape index (κ1) is 18.0. The van der Waals surface area contributed by atoms with Crippen LogP contribution in [0.2, 0.25) is 0 Å². The van der Waals surface area contributed by atoms with Gasteiger partial charge in [-0.3, -0.25) is 4.99 Å². The molecule has 0 amide bonds. The number of halogens is 1. The maximum atomic E-state index is 12.5. The normalized spacial score (nSPS) is 41.6. The molecule has 5 aliphatic rings. The van der Waals surface area contributed by atoms with Crippen LogP contribution in [0.4, 0.5) is 0 Å². The van der Waals surface area contributed by atoms with E-state index in [-0.39, 0.29) is 35.4 Å². The molecule has 4 aliphatic carbocycles. The van der Waals surface area contributed by atoms with Crippen molar-refractivity contribution in [3.8, 4) is 0 Å². The Labute approximate surface area is 158 Å². The number of hydrogen-bond donors (Lipinski definition) is 0. The highest BCUT2D eigenvalue weighted by atomic mass is 127. The van der Waals surface area contributed by atoms with Gasteiger partial charge in [-0.2, -0.15) is 0 Å². The van der Waals surface area contributed by atoms with Crippen molar-refractivity contribution in [2.75, 3.05) is 26.7 Å². The molecular weight excluding hydrogens is 399 g/mol. The van der Waals surface area contributed by atoms with Gasteiger partial charge in [0, 0.05) is 6.42 Å². The van der Waals surface area contributed by atoms with Crippen LogP contribution < -0.4 is 5.11 Å². The Bertz CT molecular complexity index is 421. The number of hydrogen-bond acceptors (Lipinski definition) is 2. The lowest BCUT2D eigenvalue weighted by atomic mass is 9.53. The van der Waals surface area contributed by atoms with Gasteiger partial charge >= 0.3 is 0 Å². The molecule has 5 rings (SSSR count). The predicted octanol–water partition coefficient (Wildman–Crippen LogP) is 3.35. The summed E-state index contributed by atoms with van der Waals surface area (Å²) in [6.45, 7) is 3.52. The summed E-state index contributed by atoms with van der Waals surface area (Å²) in [6, 6.07) is 0. The molecule has 4 bridgehead atoms. The largest absolute Gasteiger partial charge is 0.862 e. The van der Waals surface area contributed by atoms with Crippen molar-refractivity contribution in [3.63, 3.8) is 0 Å². The second-order valence-electron chi connectivity index (χ2n) is 9.25. The highest BCUT2D eigenvalue weighted by Crippen LogP contribution is 2.57. The topological polar surface area (TPSA) is 35.4 Å². The van der Waals surface area contributed by atoms with E-state index in [0.717, 1.165) is 28.8 Å². The summed E-state index contributed by atoms with van der Waals surface area (Å²) in [4.78, 5) is 4.84. The van der Waals surface area contributed by atoms with E-state index >= 15 is 0 Å². The Morgan fingerprint density at radius 1 is 1.00 bits per heavy atom. The second kappa shape index (κ2) is 6.81. The Morgan fingerprint density at radius 2 is 1.52 bits per heavy atom. The molecule has 3 nitrogen and oxygen atoms in total. The van der Waals surface area contributed by atoms with Crippen LogP contribution in [-0.4, -0.2) is 42.6 Å². The summed E-state index contributed by atoms with van der Waals surface area (Å²) in [5.41, 5.74) is 0.0757. The van der Waals surface area contributed by atoms with Crippen LogP contribution in [0.3, 0.4) is 0 Å². The lowest BCUT2D eigenvalue weighted by molar-refractivity contribution is -0.913. The minimum absolute atomic E-state index is 0. The summed E-state index contributed by atoms with van der Waals surface area (Å²) in [6.07, 6.45) is 12.7. The summed E-state index contributed by atoms with van der Waals surface area (Å²) in [7, 11) is 2.33. The molecule has 0 aromatic heterocycles. The molecule has 0 atom stereocenters. The smallest absolute Gasteiger partial charge is 0.0828 e. The van der Waals surface area contributed by atoms with E-state index in [9.17, 15) is 5.11 Å². The van der Waals surface area contributed by atoms with Crippen LogP contribution >= 0.6 is 24.0 Å². The van der Waals surface area contributed by atoms with Crippen LogP contribution in [0.25, 0.3) is 0 Å². The van der Waals surface area contributed by atoms with E-state index < -0.39 is 0 Å². The Morgan fingerprint density at radius 3 is 2.04 bits per heavy atom. The molecule has 0 unspecified atom stereocenters. The molecule has 0 N–H and O–H groups in total. The average Bonchev–Trinajstić information content (AvgIpc) is 2.44. The number of aliphatic imine (C=N–C) groups is 1. The van der Waals surface area contributed by atoms with Crippen molar-refractivity contribution in [3.05, 3.63) is 0 Å². The maximum absolute atomic E-state index is 12.5. The SMILES string of the molecule is C[N+]1(CCC([O-])=NC23CC4CC(CC(C4)C2)C3)CCCCC1.I. The van der Waals surface area contributed by atoms with Crippen LogP contribution in [0, 0.1) is 17.8 Å². The predicted molar refractivity (Wildman–Crippen MR) is 103 cm³/mol. The summed E-state index contributed by atoms with van der Waals surface area (Å²) in [5.74, 6) is 2.87. The van der Waals surface area contributed by atoms with Gasteiger partial charge in [-0.05, 0) is 81.4 Å². The van der Waals surface area contributed by atoms with Gasteiger partial charge in [-0.15, -0.1) is 24.0 Å². The van der Waals surface area contributed by atoms with Gasteiger partial charge < -0.3 is 9.59 Å². The number of quaternary nitrogens is 1. The molecule has 0 aromatic carbocycles. The molecule has 0 spiro atoms. The van der Waals surface area contributed by atoms with Crippen LogP contribution in [0.15, 0.2) is 4.99 Å². The minimum Gasteiger partial charge on any atom is -0.862 e. The number of nitrogens with zero attached hydrogens (tertiary/aromatic N) is 2. The zero-order valence-corrected chi connectivity index (χ0v) is 17.0. The molecule has 1 heterocycles. The Balaban J connectivity index is 0.00000156. The lowest BCUT2D eigenvalue weighted by Gasteiger charge is -2.55. The molecular formula is C19H33IN2O. The molecule has 0 radical (unpaired) electrons. The van der Waals surface area contributed by atoms with Crippen LogP contribution in [0.1, 0.15) is 64.2 Å². The Kier molecular flexibility index (Phi) is 5.32. The van der Waals surface area contributed by atoms with E-state index in [1.165, 1.54) is 70.9 Å². The molecule has 5 fully saturated rings. The van der Waals surface area contributed by atoms with E-state index in [1.54, 1.807) is 0 Å². The van der Waals surface area contributed by atoms with E-state index in [2.05, 4.69) is 7.05 Å². The summed E-state index contributed by atoms with van der Waals surface area (Å²) < 4.78 is 1.10. The van der Waals surface area contributed by atoms with Crippen LogP contribution in [0.5, 0.6) is 0 Å². The fourth-order valence-electron chi connectivity index (χ4n) is 6.39. The first-order chi connectivity index (χ1) is 10.5. The zero-order chi connectivity index (χ0) is 15.2. The molecule has 132 valence electrons. The Hall–Kier alpha value is 0.160. The number of likely N-dealkylation sites (tertiary alicyclic amines) is 1. The van der Waals surface area contributed by atoms with Crippen molar-refractivity contribution in [1.29, 1.82) is 0 Å². The quantitative estimate of drug-likeness (QED) is 0.291. The van der Waals surface area contributed by atoms with Gasteiger partial charge in [-0.25, -0.2) is 0 Å². The van der Waals surface area contributed by atoms with Gasteiger partial charge in [0.2, 0.25) is 0 Å². The average molecular weight is 432 g/mol. The molecule has 0 aromatic rings. The van der Waals surface area contributed by atoms with Crippen molar-refractivity contribution in [2.45, 2.75) is 69.7 Å². The zero-order valence-electron chi connectivity index (χ0n) is 14.6.